The van der Waals surface area contributed by atoms with E-state index in [-0.39, 0.29) is 18.6 Å². The zero-order chi connectivity index (χ0) is 12.1. The maximum absolute atomic E-state index is 11.7. The van der Waals surface area contributed by atoms with Gasteiger partial charge in [0.2, 0.25) is 5.91 Å². The standard InChI is InChI=1S/C11H19N3O2/c1-4-9(6-15)12-11(16)5-10-7(2)13-14-8(10)3/h9,15H,4-6H2,1-3H3,(H,12,16)(H,13,14)/t9-/m0/s1. The molecule has 0 spiro atoms. The average Bonchev–Trinajstić information content (AvgIpc) is 2.57. The van der Waals surface area contributed by atoms with E-state index in [1.165, 1.54) is 0 Å². The molecule has 0 aliphatic carbocycles. The first kappa shape index (κ1) is 12.7. The van der Waals surface area contributed by atoms with Crippen LogP contribution in [0.4, 0.5) is 0 Å². The van der Waals surface area contributed by atoms with Crippen LogP contribution < -0.4 is 5.32 Å². The summed E-state index contributed by atoms with van der Waals surface area (Å²) >= 11 is 0. The Labute approximate surface area is 95.3 Å². The van der Waals surface area contributed by atoms with Crippen molar-refractivity contribution in [1.29, 1.82) is 0 Å². The van der Waals surface area contributed by atoms with E-state index in [2.05, 4.69) is 15.5 Å². The number of rotatable bonds is 5. The van der Waals surface area contributed by atoms with Gasteiger partial charge in [0.1, 0.15) is 0 Å². The molecule has 0 bridgehead atoms. The molecular weight excluding hydrogens is 206 g/mol. The molecule has 90 valence electrons. The second-order valence-electron chi connectivity index (χ2n) is 3.94. The fraction of sp³-hybridized carbons (Fsp3) is 0.636. The summed E-state index contributed by atoms with van der Waals surface area (Å²) in [5.74, 6) is -0.0755. The van der Waals surface area contributed by atoms with Crippen LogP contribution in [0.15, 0.2) is 0 Å². The molecule has 1 aromatic rings. The third-order valence-corrected chi connectivity index (χ3v) is 2.70. The topological polar surface area (TPSA) is 78.0 Å². The summed E-state index contributed by atoms with van der Waals surface area (Å²) in [5, 5.41) is 18.6. The minimum Gasteiger partial charge on any atom is -0.394 e. The van der Waals surface area contributed by atoms with Gasteiger partial charge in [-0.1, -0.05) is 6.92 Å². The number of aliphatic hydroxyl groups excluding tert-OH is 1. The molecule has 1 atom stereocenters. The summed E-state index contributed by atoms with van der Waals surface area (Å²) in [5.41, 5.74) is 2.71. The summed E-state index contributed by atoms with van der Waals surface area (Å²) < 4.78 is 0. The minimum atomic E-state index is -0.153. The third kappa shape index (κ3) is 3.06. The van der Waals surface area contributed by atoms with Gasteiger partial charge in [0.25, 0.3) is 0 Å². The van der Waals surface area contributed by atoms with E-state index in [9.17, 15) is 4.79 Å². The minimum absolute atomic E-state index is 0.0222. The van der Waals surface area contributed by atoms with Crippen LogP contribution >= 0.6 is 0 Å². The summed E-state index contributed by atoms with van der Waals surface area (Å²) in [4.78, 5) is 11.7. The molecule has 0 radical (unpaired) electrons. The second kappa shape index (κ2) is 5.65. The fourth-order valence-electron chi connectivity index (χ4n) is 1.55. The summed E-state index contributed by atoms with van der Waals surface area (Å²) in [6.45, 7) is 5.67. The number of carbonyl (C=O) groups excluding carboxylic acids is 1. The highest BCUT2D eigenvalue weighted by molar-refractivity contribution is 5.79. The molecule has 1 heterocycles. The Balaban J connectivity index is 2.58. The quantitative estimate of drug-likeness (QED) is 0.681. The monoisotopic (exact) mass is 225 g/mol. The largest absolute Gasteiger partial charge is 0.394 e. The first-order valence-electron chi connectivity index (χ1n) is 5.49. The normalized spacial score (nSPS) is 12.5. The summed E-state index contributed by atoms with van der Waals surface area (Å²) in [6, 6.07) is -0.153. The molecule has 1 rings (SSSR count). The lowest BCUT2D eigenvalue weighted by Crippen LogP contribution is -2.37. The number of nitrogens with zero attached hydrogens (tertiary/aromatic N) is 1. The Morgan fingerprint density at radius 3 is 2.69 bits per heavy atom. The Morgan fingerprint density at radius 1 is 1.56 bits per heavy atom. The number of amides is 1. The third-order valence-electron chi connectivity index (χ3n) is 2.70. The lowest BCUT2D eigenvalue weighted by Gasteiger charge is -2.13. The van der Waals surface area contributed by atoms with E-state index in [0.29, 0.717) is 6.42 Å². The lowest BCUT2D eigenvalue weighted by atomic mass is 10.1. The van der Waals surface area contributed by atoms with E-state index in [4.69, 9.17) is 5.11 Å². The molecule has 0 aliphatic rings. The highest BCUT2D eigenvalue weighted by Crippen LogP contribution is 2.09. The number of aromatic nitrogens is 2. The van der Waals surface area contributed by atoms with E-state index in [1.54, 1.807) is 0 Å². The van der Waals surface area contributed by atoms with Gasteiger partial charge in [0.15, 0.2) is 0 Å². The van der Waals surface area contributed by atoms with Crippen molar-refractivity contribution in [3.63, 3.8) is 0 Å². The number of aromatic amines is 1. The highest BCUT2D eigenvalue weighted by Gasteiger charge is 2.13. The Hall–Kier alpha value is -1.36. The maximum Gasteiger partial charge on any atom is 0.224 e. The number of H-pyrrole nitrogens is 1. The van der Waals surface area contributed by atoms with Gasteiger partial charge in [-0.2, -0.15) is 5.10 Å². The zero-order valence-electron chi connectivity index (χ0n) is 10.0. The molecule has 0 fully saturated rings. The van der Waals surface area contributed by atoms with Crippen LogP contribution in [-0.4, -0.2) is 33.9 Å². The van der Waals surface area contributed by atoms with Crippen LogP contribution in [0.5, 0.6) is 0 Å². The van der Waals surface area contributed by atoms with Crippen LogP contribution in [0.25, 0.3) is 0 Å². The number of hydrogen-bond acceptors (Lipinski definition) is 3. The smallest absolute Gasteiger partial charge is 0.224 e. The van der Waals surface area contributed by atoms with Gasteiger partial charge in [-0.25, -0.2) is 0 Å². The van der Waals surface area contributed by atoms with E-state index >= 15 is 0 Å². The molecule has 16 heavy (non-hydrogen) atoms. The molecule has 0 aliphatic heterocycles. The first-order valence-corrected chi connectivity index (χ1v) is 5.49. The average molecular weight is 225 g/mol. The fourth-order valence-corrected chi connectivity index (χ4v) is 1.55. The van der Waals surface area contributed by atoms with Crippen molar-refractivity contribution in [2.24, 2.45) is 0 Å². The van der Waals surface area contributed by atoms with Crippen LogP contribution in [0, 0.1) is 13.8 Å². The number of aliphatic hydroxyl groups is 1. The molecule has 1 aromatic heterocycles. The van der Waals surface area contributed by atoms with Gasteiger partial charge in [-0.15, -0.1) is 0 Å². The van der Waals surface area contributed by atoms with E-state index in [1.807, 2.05) is 20.8 Å². The van der Waals surface area contributed by atoms with Gasteiger partial charge >= 0.3 is 0 Å². The van der Waals surface area contributed by atoms with Crippen LogP contribution in [0.2, 0.25) is 0 Å². The summed E-state index contributed by atoms with van der Waals surface area (Å²) in [7, 11) is 0. The number of carbonyl (C=O) groups is 1. The van der Waals surface area contributed by atoms with Crippen molar-refractivity contribution in [2.75, 3.05) is 6.61 Å². The van der Waals surface area contributed by atoms with Gasteiger partial charge in [0.05, 0.1) is 24.8 Å². The van der Waals surface area contributed by atoms with Crippen molar-refractivity contribution in [3.05, 3.63) is 17.0 Å². The number of nitrogens with one attached hydrogen (secondary N) is 2. The Bertz CT molecular complexity index is 337. The number of aryl methyl sites for hydroxylation is 2. The molecule has 1 amide bonds. The van der Waals surface area contributed by atoms with Crippen molar-refractivity contribution in [3.8, 4) is 0 Å². The highest BCUT2D eigenvalue weighted by atomic mass is 16.3. The molecule has 0 saturated carbocycles. The molecule has 3 N–H and O–H groups in total. The van der Waals surface area contributed by atoms with Crippen LogP contribution in [0.3, 0.4) is 0 Å². The van der Waals surface area contributed by atoms with Crippen molar-refractivity contribution >= 4 is 5.91 Å². The SMILES string of the molecule is CC[C@@H](CO)NC(=O)Cc1c(C)n[nH]c1C. The first-order chi connectivity index (χ1) is 7.58. The van der Waals surface area contributed by atoms with Gasteiger partial charge in [0, 0.05) is 11.3 Å². The molecule has 5 heteroatoms. The lowest BCUT2D eigenvalue weighted by molar-refractivity contribution is -0.121. The predicted molar refractivity (Wildman–Crippen MR) is 61.1 cm³/mol. The van der Waals surface area contributed by atoms with Gasteiger partial charge < -0.3 is 10.4 Å². The van der Waals surface area contributed by atoms with Crippen molar-refractivity contribution in [2.45, 2.75) is 39.7 Å². The second-order valence-corrected chi connectivity index (χ2v) is 3.94. The molecule has 0 saturated heterocycles. The summed E-state index contributed by atoms with van der Waals surface area (Å²) in [6.07, 6.45) is 1.04. The van der Waals surface area contributed by atoms with E-state index in [0.717, 1.165) is 23.4 Å². The van der Waals surface area contributed by atoms with Crippen LogP contribution in [0.1, 0.15) is 30.3 Å². The zero-order valence-corrected chi connectivity index (χ0v) is 10.0. The Kier molecular flexibility index (Phi) is 4.49. The van der Waals surface area contributed by atoms with Crippen molar-refractivity contribution < 1.29 is 9.90 Å². The van der Waals surface area contributed by atoms with Gasteiger partial charge in [-0.3, -0.25) is 9.89 Å². The predicted octanol–water partition coefficient (Wildman–Crippen LogP) is 0.456. The van der Waals surface area contributed by atoms with Crippen molar-refractivity contribution in [1.82, 2.24) is 15.5 Å². The van der Waals surface area contributed by atoms with Crippen LogP contribution in [-0.2, 0) is 11.2 Å². The molecule has 0 unspecified atom stereocenters. The number of hydrogen-bond donors (Lipinski definition) is 3. The Morgan fingerprint density at radius 2 is 2.25 bits per heavy atom. The van der Waals surface area contributed by atoms with Gasteiger partial charge in [-0.05, 0) is 20.3 Å². The molecule has 0 aromatic carbocycles. The molecule has 5 nitrogen and oxygen atoms in total. The maximum atomic E-state index is 11.7. The van der Waals surface area contributed by atoms with E-state index < -0.39 is 0 Å². The molecular formula is C11H19N3O2.